The summed E-state index contributed by atoms with van der Waals surface area (Å²) in [6, 6.07) is 40.6. The molecule has 4 atom stereocenters. The minimum atomic E-state index is -1.29. The Bertz CT molecular complexity index is 4490. The smallest absolute Gasteiger partial charge is 0.328 e. The molecule has 16 nitrogen and oxygen atoms in total. The maximum absolute atomic E-state index is 13.8. The maximum Gasteiger partial charge on any atom is 0.328 e. The summed E-state index contributed by atoms with van der Waals surface area (Å²) in [5.74, 6) is -3.34. The van der Waals surface area contributed by atoms with Crippen LogP contribution in [-0.4, -0.2) is 87.2 Å². The van der Waals surface area contributed by atoms with Crippen LogP contribution in [0.5, 0.6) is 0 Å². The molecule has 95 heavy (non-hydrogen) atoms. The van der Waals surface area contributed by atoms with E-state index < -0.39 is 35.8 Å². The second kappa shape index (κ2) is 29.3. The Kier molecular flexibility index (Phi) is 20.3. The molecule has 0 radical (unpaired) electrons. The molecular formula is C75H66Cl4N4O12. The summed E-state index contributed by atoms with van der Waals surface area (Å²) in [7, 11) is 0. The number of hydrogen-bond acceptors (Lipinski definition) is 11. The summed E-state index contributed by atoms with van der Waals surface area (Å²) >= 11 is 26.8. The number of esters is 1. The number of rotatable bonds is 20. The zero-order valence-corrected chi connectivity index (χ0v) is 54.6. The van der Waals surface area contributed by atoms with E-state index in [0.29, 0.717) is 77.8 Å². The van der Waals surface area contributed by atoms with Crippen molar-refractivity contribution in [3.63, 3.8) is 0 Å². The van der Waals surface area contributed by atoms with Crippen molar-refractivity contribution in [2.24, 2.45) is 0 Å². The molecule has 0 spiro atoms. The van der Waals surface area contributed by atoms with Crippen LogP contribution < -0.4 is 10.6 Å². The van der Waals surface area contributed by atoms with Gasteiger partial charge in [-0.05, 0) is 162 Å². The number of carbonyl (C=O) groups is 8. The number of ether oxygens (including phenoxy) is 1. The number of carbonyl (C=O) groups excluding carboxylic acids is 7. The van der Waals surface area contributed by atoms with Gasteiger partial charge < -0.3 is 39.1 Å². The summed E-state index contributed by atoms with van der Waals surface area (Å²) < 4.78 is 16.5. The van der Waals surface area contributed by atoms with E-state index in [1.807, 2.05) is 84.9 Å². The monoisotopic (exact) mass is 1350 g/mol. The lowest BCUT2D eigenvalue weighted by Crippen LogP contribution is -2.42. The van der Waals surface area contributed by atoms with Gasteiger partial charge in [0, 0.05) is 73.8 Å². The van der Waals surface area contributed by atoms with Crippen molar-refractivity contribution in [1.29, 1.82) is 0 Å². The lowest BCUT2D eigenvalue weighted by Gasteiger charge is -2.30. The minimum absolute atomic E-state index is 0.0137. The number of ketones is 2. The number of aryl methyl sites for hydroxylation is 2. The van der Waals surface area contributed by atoms with Gasteiger partial charge in [-0.2, -0.15) is 0 Å². The third-order valence-electron chi connectivity index (χ3n) is 18.5. The molecule has 4 aliphatic rings. The predicted molar refractivity (Wildman–Crippen MR) is 361 cm³/mol. The average Bonchev–Trinajstić information content (AvgIpc) is 1.78. The van der Waals surface area contributed by atoms with Gasteiger partial charge in [0.1, 0.15) is 41.4 Å². The zero-order chi connectivity index (χ0) is 66.4. The maximum atomic E-state index is 13.8. The number of carboxylic acids is 1. The average molecular weight is 1360 g/mol. The normalized spacial score (nSPS) is 15.9. The summed E-state index contributed by atoms with van der Waals surface area (Å²) in [6.07, 6.45) is 8.47. The lowest BCUT2D eigenvalue weighted by atomic mass is 9.93. The van der Waals surface area contributed by atoms with Crippen LogP contribution in [0.15, 0.2) is 161 Å². The Morgan fingerprint density at radius 1 is 0.526 bits per heavy atom. The van der Waals surface area contributed by atoms with E-state index in [9.17, 15) is 43.5 Å². The fourth-order valence-electron chi connectivity index (χ4n) is 13.5. The molecular weight excluding hydrogens is 1290 g/mol. The van der Waals surface area contributed by atoms with E-state index in [0.717, 1.165) is 47.6 Å². The number of hydrogen-bond donors (Lipinski definition) is 3. The molecule has 2 aliphatic heterocycles. The predicted octanol–water partition coefficient (Wildman–Crippen LogP) is 14.8. The van der Waals surface area contributed by atoms with Crippen LogP contribution in [0, 0.1) is 0 Å². The quantitative estimate of drug-likeness (QED) is 0.0606. The van der Waals surface area contributed by atoms with E-state index in [1.165, 1.54) is 22.3 Å². The van der Waals surface area contributed by atoms with Crippen LogP contribution in [0.4, 0.5) is 0 Å². The van der Waals surface area contributed by atoms with Crippen LogP contribution in [0.2, 0.25) is 20.1 Å². The van der Waals surface area contributed by atoms with Gasteiger partial charge in [0.2, 0.25) is 0 Å². The lowest BCUT2D eigenvalue weighted by molar-refractivity contribution is -0.147. The van der Waals surface area contributed by atoms with Crippen LogP contribution in [0.1, 0.15) is 155 Å². The first-order valence-electron chi connectivity index (χ1n) is 31.7. The number of amides is 4. The first-order chi connectivity index (χ1) is 45.9. The van der Waals surface area contributed by atoms with Gasteiger partial charge in [0.25, 0.3) is 23.6 Å². The second-order valence-electron chi connectivity index (χ2n) is 24.6. The van der Waals surface area contributed by atoms with Crippen molar-refractivity contribution in [2.45, 2.75) is 121 Å². The SMILES string of the molecule is O=C(CC[C@H](NC(=O)c1c(Cl)cc2c(c1Cl)CCN(C(=O)c1ccc3ccoc3c1)C2)C(=O)O)C[C@@H]1CCc2ccccc21.O=C(CC[C@H](NC(=O)c1c(Cl)cc2c(c1Cl)CCN(C(=O)c1ccc3ccoc3c1)C2)C(=O)OCc1ccccc1)C[C@@H]1CCc2ccccc21. The fraction of sp³-hybridized carbons (Fsp3) is 0.280. The molecule has 2 aliphatic carbocycles. The van der Waals surface area contributed by atoms with Gasteiger partial charge in [-0.15, -0.1) is 0 Å². The van der Waals surface area contributed by atoms with Crippen molar-refractivity contribution in [3.8, 4) is 0 Å². The number of nitrogens with zero attached hydrogens (tertiary/aromatic N) is 2. The minimum Gasteiger partial charge on any atom is -0.480 e. The number of aliphatic carboxylic acids is 1. The molecule has 0 bridgehead atoms. The zero-order valence-electron chi connectivity index (χ0n) is 51.6. The van der Waals surface area contributed by atoms with Gasteiger partial charge in [-0.25, -0.2) is 9.59 Å². The molecule has 4 heterocycles. The number of benzene rings is 7. The molecule has 0 saturated heterocycles. The number of furan rings is 2. The van der Waals surface area contributed by atoms with Crippen molar-refractivity contribution in [2.75, 3.05) is 13.1 Å². The topological polar surface area (TPSA) is 223 Å². The van der Waals surface area contributed by atoms with Crippen molar-refractivity contribution >= 4 is 115 Å². The Morgan fingerprint density at radius 2 is 0.979 bits per heavy atom. The van der Waals surface area contributed by atoms with Crippen molar-refractivity contribution < 1.29 is 57.0 Å². The second-order valence-corrected chi connectivity index (χ2v) is 26.2. The summed E-state index contributed by atoms with van der Waals surface area (Å²) in [5, 5.41) is 17.4. The van der Waals surface area contributed by atoms with Gasteiger partial charge in [-0.3, -0.25) is 28.8 Å². The summed E-state index contributed by atoms with van der Waals surface area (Å²) in [4.78, 5) is 109. The Labute approximate surface area is 567 Å². The Hall–Kier alpha value is -9.06. The molecule has 4 amide bonds. The number of Topliss-reactive ketones (excluding diaryl/α,β-unsaturated/α-hetero) is 2. The fourth-order valence-corrected chi connectivity index (χ4v) is 15.0. The third kappa shape index (κ3) is 14.9. The van der Waals surface area contributed by atoms with E-state index in [2.05, 4.69) is 28.8 Å². The standard InChI is InChI=1S/C41H36Cl2N2O6.C34H30Cl2N2O6/c42-34-21-30-23-45(40(48)29-13-11-27-17-19-50-36(27)22-29)18-16-33(30)38(43)37(34)39(47)44-35(41(49)51-24-25-6-2-1-3-7-25)15-14-31(46)20-28-12-10-26-8-4-5-9-32(26)28;35-27-16-23-18-38(33(41)22-8-6-20-12-14-44-29(20)17-22)13-11-26(23)31(36)30(27)32(40)37-28(34(42)43)10-9-24(39)15-21-7-5-19-3-1-2-4-25(19)21/h1-9,11,13,17,19,21-22,28,35H,10,12,14-16,18,20,23-24H2,(H,44,47);1-4,6,8,12,14,16-17,21,28H,5,7,9-11,13,15,18H2,(H,37,40)(H,42,43)/t28-,35-;21-,28-/m00/s1. The van der Waals surface area contributed by atoms with E-state index in [-0.39, 0.29) is 112 Å². The molecule has 9 aromatic rings. The molecule has 3 N–H and O–H groups in total. The highest BCUT2D eigenvalue weighted by molar-refractivity contribution is 6.41. The molecule has 2 aromatic heterocycles. The highest BCUT2D eigenvalue weighted by Crippen LogP contribution is 2.40. The molecule has 20 heteroatoms. The van der Waals surface area contributed by atoms with Crippen LogP contribution in [0.3, 0.4) is 0 Å². The van der Waals surface area contributed by atoms with Crippen molar-refractivity contribution in [3.05, 3.63) is 244 Å². The van der Waals surface area contributed by atoms with Gasteiger partial charge in [0.15, 0.2) is 0 Å². The first-order valence-corrected chi connectivity index (χ1v) is 33.2. The van der Waals surface area contributed by atoms with Gasteiger partial charge in [-0.1, -0.05) is 137 Å². The van der Waals surface area contributed by atoms with Crippen LogP contribution >= 0.6 is 46.4 Å². The Balaban J connectivity index is 0.000000184. The number of carboxylic acid groups (broad SMARTS) is 1. The highest BCUT2D eigenvalue weighted by Gasteiger charge is 2.34. The van der Waals surface area contributed by atoms with Crippen molar-refractivity contribution in [1.82, 2.24) is 20.4 Å². The molecule has 486 valence electrons. The Morgan fingerprint density at radius 3 is 1.46 bits per heavy atom. The highest BCUT2D eigenvalue weighted by atomic mass is 35.5. The molecule has 0 saturated carbocycles. The van der Waals surface area contributed by atoms with E-state index >= 15 is 0 Å². The van der Waals surface area contributed by atoms with Gasteiger partial charge >= 0.3 is 11.9 Å². The number of fused-ring (bicyclic) bond motifs is 6. The molecule has 0 fully saturated rings. The molecule has 13 rings (SSSR count). The van der Waals surface area contributed by atoms with E-state index in [4.69, 9.17) is 60.0 Å². The van der Waals surface area contributed by atoms with Crippen LogP contribution in [-0.2, 0) is 69.3 Å². The first kappa shape index (κ1) is 66.0. The summed E-state index contributed by atoms with van der Waals surface area (Å²) in [6.45, 7) is 1.27. The third-order valence-corrected chi connectivity index (χ3v) is 20.0. The molecule has 7 aromatic carbocycles. The molecule has 0 unspecified atom stereocenters. The van der Waals surface area contributed by atoms with Crippen LogP contribution in [0.25, 0.3) is 21.9 Å². The largest absolute Gasteiger partial charge is 0.480 e. The van der Waals surface area contributed by atoms with Gasteiger partial charge in [0.05, 0.1) is 43.7 Å². The number of nitrogens with one attached hydrogen (secondary N) is 2. The summed E-state index contributed by atoms with van der Waals surface area (Å²) in [5.41, 5.74) is 10.8. The van der Waals surface area contributed by atoms with E-state index in [1.54, 1.807) is 58.7 Å². The number of halogens is 4.